The van der Waals surface area contributed by atoms with Crippen molar-refractivity contribution in [3.8, 4) is 5.69 Å². The first-order chi connectivity index (χ1) is 13.2. The first-order valence-electron chi connectivity index (χ1n) is 8.31. The highest BCUT2D eigenvalue weighted by atomic mass is 15.2. The Balaban J connectivity index is 1.73. The lowest BCUT2D eigenvalue weighted by Crippen LogP contribution is -2.08. The molecule has 0 radical (unpaired) electrons. The molecule has 9 nitrogen and oxygen atoms in total. The van der Waals surface area contributed by atoms with E-state index < -0.39 is 0 Å². The van der Waals surface area contributed by atoms with E-state index in [9.17, 15) is 0 Å². The van der Waals surface area contributed by atoms with Crippen LogP contribution in [-0.4, -0.2) is 34.1 Å². The molecule has 0 saturated heterocycles. The van der Waals surface area contributed by atoms with Gasteiger partial charge >= 0.3 is 0 Å². The third-order valence-electron chi connectivity index (χ3n) is 4.36. The molecule has 0 fully saturated rings. The standard InChI is InChI=1S/C18H15N9/c19-13-7-6-12-18(25-13)27(11-4-2-1-3-5-11)14(24-12)8-26-10-23-17-15(26)16(20)21-9-22-17/h1-7,9-10H,8H2,(H2,19,25)(H2,20,21,22). The summed E-state index contributed by atoms with van der Waals surface area (Å²) in [5, 5.41) is 0. The molecule has 1 aromatic carbocycles. The summed E-state index contributed by atoms with van der Waals surface area (Å²) in [7, 11) is 0. The van der Waals surface area contributed by atoms with Crippen LogP contribution >= 0.6 is 0 Å². The first kappa shape index (κ1) is 15.3. The highest BCUT2D eigenvalue weighted by Crippen LogP contribution is 2.23. The predicted molar refractivity (Wildman–Crippen MR) is 102 cm³/mol. The van der Waals surface area contributed by atoms with Crippen molar-refractivity contribution in [3.63, 3.8) is 0 Å². The maximum Gasteiger partial charge on any atom is 0.182 e. The highest BCUT2D eigenvalue weighted by Gasteiger charge is 2.16. The number of hydrogen-bond acceptors (Lipinski definition) is 7. The average Bonchev–Trinajstić information content (AvgIpc) is 3.24. The van der Waals surface area contributed by atoms with Gasteiger partial charge in [-0.1, -0.05) is 18.2 Å². The summed E-state index contributed by atoms with van der Waals surface area (Å²) < 4.78 is 3.87. The summed E-state index contributed by atoms with van der Waals surface area (Å²) in [5.41, 5.74) is 15.6. The lowest BCUT2D eigenvalue weighted by atomic mass is 10.3. The van der Waals surface area contributed by atoms with E-state index in [1.165, 1.54) is 6.33 Å². The van der Waals surface area contributed by atoms with Gasteiger partial charge in [0.1, 0.15) is 29.0 Å². The van der Waals surface area contributed by atoms with E-state index in [0.717, 1.165) is 17.0 Å². The van der Waals surface area contributed by atoms with Crippen LogP contribution in [0.15, 0.2) is 55.1 Å². The lowest BCUT2D eigenvalue weighted by molar-refractivity contribution is 0.751. The average molecular weight is 357 g/mol. The second kappa shape index (κ2) is 5.77. The number of nitrogens with two attached hydrogens (primary N) is 2. The molecule has 27 heavy (non-hydrogen) atoms. The van der Waals surface area contributed by atoms with Crippen molar-refractivity contribution in [3.05, 3.63) is 60.9 Å². The number of aromatic nitrogens is 7. The SMILES string of the molecule is Nc1ccc2nc(Cn3cnc4ncnc(N)c43)n(-c3ccccc3)c2n1. The zero-order valence-electron chi connectivity index (χ0n) is 14.2. The Kier molecular flexibility index (Phi) is 3.26. The molecule has 5 aromatic rings. The molecule has 0 unspecified atom stereocenters. The van der Waals surface area contributed by atoms with Crippen LogP contribution < -0.4 is 11.5 Å². The number of nitrogen functional groups attached to an aromatic ring is 2. The minimum atomic E-state index is 0.377. The quantitative estimate of drug-likeness (QED) is 0.504. The first-order valence-corrected chi connectivity index (χ1v) is 8.31. The minimum Gasteiger partial charge on any atom is -0.384 e. The van der Waals surface area contributed by atoms with E-state index in [4.69, 9.17) is 16.5 Å². The molecule has 0 amide bonds. The van der Waals surface area contributed by atoms with Crippen LogP contribution in [0.25, 0.3) is 28.0 Å². The Labute approximate surface area is 153 Å². The van der Waals surface area contributed by atoms with E-state index in [2.05, 4.69) is 19.9 Å². The Bertz CT molecular complexity index is 1270. The summed E-state index contributed by atoms with van der Waals surface area (Å²) in [6.45, 7) is 0.430. The molecule has 0 aliphatic rings. The van der Waals surface area contributed by atoms with Crippen LogP contribution in [0, 0.1) is 0 Å². The van der Waals surface area contributed by atoms with Crippen LogP contribution in [0.2, 0.25) is 0 Å². The van der Waals surface area contributed by atoms with Crippen molar-refractivity contribution in [1.82, 2.24) is 34.1 Å². The number of imidazole rings is 2. The molecule has 0 spiro atoms. The maximum absolute atomic E-state index is 6.03. The number of fused-ring (bicyclic) bond motifs is 2. The zero-order valence-corrected chi connectivity index (χ0v) is 14.2. The van der Waals surface area contributed by atoms with Crippen molar-refractivity contribution in [1.29, 1.82) is 0 Å². The van der Waals surface area contributed by atoms with Gasteiger partial charge in [0.15, 0.2) is 17.1 Å². The number of anilines is 2. The maximum atomic E-state index is 6.03. The molecule has 9 heteroatoms. The minimum absolute atomic E-state index is 0.377. The van der Waals surface area contributed by atoms with E-state index in [-0.39, 0.29) is 0 Å². The highest BCUT2D eigenvalue weighted by molar-refractivity contribution is 5.81. The van der Waals surface area contributed by atoms with Gasteiger partial charge in [-0.15, -0.1) is 0 Å². The second-order valence-electron chi connectivity index (χ2n) is 6.08. The Hall–Kier alpha value is -4.01. The molecular weight excluding hydrogens is 342 g/mol. The third kappa shape index (κ3) is 2.44. The van der Waals surface area contributed by atoms with Gasteiger partial charge in [0.2, 0.25) is 0 Å². The molecule has 5 rings (SSSR count). The molecular formula is C18H15N9. The van der Waals surface area contributed by atoms with Gasteiger partial charge in [-0.2, -0.15) is 0 Å². The zero-order chi connectivity index (χ0) is 18.4. The van der Waals surface area contributed by atoms with Crippen LogP contribution in [0.4, 0.5) is 11.6 Å². The predicted octanol–water partition coefficient (Wildman–Crippen LogP) is 1.77. The van der Waals surface area contributed by atoms with Gasteiger partial charge in [-0.25, -0.2) is 24.9 Å². The number of benzene rings is 1. The summed E-state index contributed by atoms with van der Waals surface area (Å²) in [5.74, 6) is 1.59. The van der Waals surface area contributed by atoms with E-state index in [0.29, 0.717) is 35.0 Å². The van der Waals surface area contributed by atoms with Crippen molar-refractivity contribution >= 4 is 34.0 Å². The molecule has 4 N–H and O–H groups in total. The summed E-state index contributed by atoms with van der Waals surface area (Å²) in [4.78, 5) is 21.8. The van der Waals surface area contributed by atoms with Crippen molar-refractivity contribution in [2.24, 2.45) is 0 Å². The van der Waals surface area contributed by atoms with Crippen LogP contribution in [0.5, 0.6) is 0 Å². The molecule has 4 aromatic heterocycles. The molecule has 0 aliphatic carbocycles. The topological polar surface area (TPSA) is 126 Å². The molecule has 0 aliphatic heterocycles. The summed E-state index contributed by atoms with van der Waals surface area (Å²) in [6, 6.07) is 13.5. The monoisotopic (exact) mass is 357 g/mol. The molecule has 0 saturated carbocycles. The number of rotatable bonds is 3. The Morgan fingerprint density at radius 2 is 1.74 bits per heavy atom. The van der Waals surface area contributed by atoms with Gasteiger partial charge < -0.3 is 16.0 Å². The van der Waals surface area contributed by atoms with Crippen LogP contribution in [0.3, 0.4) is 0 Å². The summed E-state index contributed by atoms with van der Waals surface area (Å²) >= 11 is 0. The summed E-state index contributed by atoms with van der Waals surface area (Å²) in [6.07, 6.45) is 3.09. The van der Waals surface area contributed by atoms with E-state index in [1.54, 1.807) is 12.4 Å². The van der Waals surface area contributed by atoms with Gasteiger partial charge in [-0.3, -0.25) is 4.57 Å². The lowest BCUT2D eigenvalue weighted by Gasteiger charge is -2.10. The fraction of sp³-hybridized carbons (Fsp3) is 0.0556. The number of pyridine rings is 1. The van der Waals surface area contributed by atoms with Gasteiger partial charge in [-0.05, 0) is 24.3 Å². The van der Waals surface area contributed by atoms with Gasteiger partial charge in [0.25, 0.3) is 0 Å². The van der Waals surface area contributed by atoms with Crippen LogP contribution in [0.1, 0.15) is 5.82 Å². The van der Waals surface area contributed by atoms with Gasteiger partial charge in [0, 0.05) is 5.69 Å². The largest absolute Gasteiger partial charge is 0.384 e. The van der Waals surface area contributed by atoms with Crippen molar-refractivity contribution < 1.29 is 0 Å². The molecule has 132 valence electrons. The molecule has 0 bridgehead atoms. The number of nitrogens with zero attached hydrogens (tertiary/aromatic N) is 7. The van der Waals surface area contributed by atoms with E-state index in [1.807, 2.05) is 45.5 Å². The Morgan fingerprint density at radius 3 is 2.59 bits per heavy atom. The Morgan fingerprint density at radius 1 is 0.889 bits per heavy atom. The number of para-hydroxylation sites is 1. The van der Waals surface area contributed by atoms with Crippen molar-refractivity contribution in [2.75, 3.05) is 11.5 Å². The fourth-order valence-corrected chi connectivity index (χ4v) is 3.18. The fourth-order valence-electron chi connectivity index (χ4n) is 3.18. The second-order valence-corrected chi connectivity index (χ2v) is 6.08. The third-order valence-corrected chi connectivity index (χ3v) is 4.36. The smallest absolute Gasteiger partial charge is 0.182 e. The van der Waals surface area contributed by atoms with Crippen LogP contribution in [-0.2, 0) is 6.54 Å². The molecule has 0 atom stereocenters. The van der Waals surface area contributed by atoms with E-state index >= 15 is 0 Å². The molecule has 4 heterocycles. The van der Waals surface area contributed by atoms with Crippen molar-refractivity contribution in [2.45, 2.75) is 6.54 Å². The number of hydrogen-bond donors (Lipinski definition) is 2. The van der Waals surface area contributed by atoms with Gasteiger partial charge in [0.05, 0.1) is 12.9 Å². The normalized spacial score (nSPS) is 11.4.